The standard InChI is InChI=1S/C54H43N/c1-36-22-26-38(27-23-36)44-19-13-21-49-52(44)47-33-31-43(35-51(47)54(49,39-14-7-5-8-15-39)40-16-9-6-10-17-40)55(41-28-24-37(2)25-29-41)42-30-32-46-45-18-11-12-20-48(45)53(3,4)50(46)34-42/h5-35H,1-4H3. The summed E-state index contributed by atoms with van der Waals surface area (Å²) in [6, 6.07) is 70.4. The molecule has 0 fully saturated rings. The van der Waals surface area contributed by atoms with Crippen LogP contribution in [0.25, 0.3) is 33.4 Å². The number of fused-ring (bicyclic) bond motifs is 6. The molecule has 0 radical (unpaired) electrons. The molecule has 0 atom stereocenters. The van der Waals surface area contributed by atoms with E-state index in [1.807, 2.05) is 0 Å². The second-order valence-electron chi connectivity index (χ2n) is 15.9. The molecule has 0 aromatic heterocycles. The number of rotatable bonds is 6. The van der Waals surface area contributed by atoms with E-state index < -0.39 is 5.41 Å². The van der Waals surface area contributed by atoms with E-state index in [1.54, 1.807) is 0 Å². The molecule has 55 heavy (non-hydrogen) atoms. The Morgan fingerprint density at radius 3 is 1.51 bits per heavy atom. The number of anilines is 3. The molecule has 0 aliphatic heterocycles. The van der Waals surface area contributed by atoms with Gasteiger partial charge in [-0.05, 0) is 117 Å². The maximum absolute atomic E-state index is 2.49. The average Bonchev–Trinajstić information content (AvgIpc) is 3.65. The predicted octanol–water partition coefficient (Wildman–Crippen LogP) is 14.1. The molecule has 0 spiro atoms. The molecule has 8 aromatic carbocycles. The van der Waals surface area contributed by atoms with Crippen LogP contribution in [-0.2, 0) is 10.8 Å². The monoisotopic (exact) mass is 705 g/mol. The molecular formula is C54H43N. The van der Waals surface area contributed by atoms with Crippen LogP contribution in [0.3, 0.4) is 0 Å². The molecule has 0 saturated heterocycles. The molecule has 264 valence electrons. The van der Waals surface area contributed by atoms with E-state index in [1.165, 1.54) is 77.9 Å². The van der Waals surface area contributed by atoms with Crippen LogP contribution in [0.4, 0.5) is 17.1 Å². The van der Waals surface area contributed by atoms with E-state index in [0.29, 0.717) is 0 Å². The van der Waals surface area contributed by atoms with E-state index in [-0.39, 0.29) is 5.41 Å². The molecule has 0 unspecified atom stereocenters. The van der Waals surface area contributed by atoms with Gasteiger partial charge in [-0.25, -0.2) is 0 Å². The first-order valence-corrected chi connectivity index (χ1v) is 19.4. The SMILES string of the molecule is Cc1ccc(-c2cccc3c2-c2ccc(N(c4ccc(C)cc4)c4ccc5c(c4)C(C)(C)c4ccccc4-5)cc2C3(c2ccccc2)c2ccccc2)cc1. The van der Waals surface area contributed by atoms with Crippen molar-refractivity contribution >= 4 is 17.1 Å². The van der Waals surface area contributed by atoms with Crippen molar-refractivity contribution in [2.24, 2.45) is 0 Å². The third-order valence-electron chi connectivity index (χ3n) is 12.3. The lowest BCUT2D eigenvalue weighted by Gasteiger charge is -2.35. The number of hydrogen-bond donors (Lipinski definition) is 0. The topological polar surface area (TPSA) is 3.24 Å². The summed E-state index contributed by atoms with van der Waals surface area (Å²) in [7, 11) is 0. The van der Waals surface area contributed by atoms with Crippen LogP contribution in [0.5, 0.6) is 0 Å². The fourth-order valence-electron chi connectivity index (χ4n) is 9.61. The summed E-state index contributed by atoms with van der Waals surface area (Å²) in [5.74, 6) is 0. The molecular weight excluding hydrogens is 663 g/mol. The molecule has 0 bridgehead atoms. The number of hydrogen-bond acceptors (Lipinski definition) is 1. The van der Waals surface area contributed by atoms with Gasteiger partial charge in [0.2, 0.25) is 0 Å². The van der Waals surface area contributed by atoms with Gasteiger partial charge >= 0.3 is 0 Å². The fraction of sp³-hybridized carbons (Fsp3) is 0.111. The van der Waals surface area contributed by atoms with Crippen LogP contribution in [0.15, 0.2) is 188 Å². The Kier molecular flexibility index (Phi) is 7.58. The second-order valence-corrected chi connectivity index (χ2v) is 15.9. The molecule has 2 aliphatic rings. The van der Waals surface area contributed by atoms with Crippen molar-refractivity contribution in [3.63, 3.8) is 0 Å². The van der Waals surface area contributed by atoms with Crippen molar-refractivity contribution in [1.29, 1.82) is 0 Å². The second kappa shape index (κ2) is 12.6. The van der Waals surface area contributed by atoms with E-state index in [4.69, 9.17) is 0 Å². The number of aryl methyl sites for hydroxylation is 2. The normalized spacial score (nSPS) is 14.1. The highest BCUT2D eigenvalue weighted by Crippen LogP contribution is 2.59. The van der Waals surface area contributed by atoms with Crippen LogP contribution < -0.4 is 4.90 Å². The van der Waals surface area contributed by atoms with Gasteiger partial charge in [0.25, 0.3) is 0 Å². The zero-order valence-corrected chi connectivity index (χ0v) is 31.8. The Morgan fingerprint density at radius 1 is 0.364 bits per heavy atom. The Morgan fingerprint density at radius 2 is 0.855 bits per heavy atom. The minimum atomic E-state index is -0.537. The lowest BCUT2D eigenvalue weighted by atomic mass is 9.67. The van der Waals surface area contributed by atoms with Crippen LogP contribution in [0.2, 0.25) is 0 Å². The molecule has 0 heterocycles. The molecule has 10 rings (SSSR count). The highest BCUT2D eigenvalue weighted by molar-refractivity contribution is 5.97. The first-order valence-electron chi connectivity index (χ1n) is 19.4. The fourth-order valence-corrected chi connectivity index (χ4v) is 9.61. The summed E-state index contributed by atoms with van der Waals surface area (Å²) in [6.45, 7) is 9.05. The Hall–Kier alpha value is -6.44. The summed E-state index contributed by atoms with van der Waals surface area (Å²) in [5, 5.41) is 0. The maximum Gasteiger partial charge on any atom is 0.0714 e. The quantitative estimate of drug-likeness (QED) is 0.166. The van der Waals surface area contributed by atoms with Gasteiger partial charge in [-0.15, -0.1) is 0 Å². The Bertz CT molecular complexity index is 2680. The maximum atomic E-state index is 2.49. The third-order valence-corrected chi connectivity index (χ3v) is 12.3. The summed E-state index contributed by atoms with van der Waals surface area (Å²) >= 11 is 0. The van der Waals surface area contributed by atoms with Crippen molar-refractivity contribution in [3.8, 4) is 33.4 Å². The van der Waals surface area contributed by atoms with E-state index in [0.717, 1.165) is 17.1 Å². The smallest absolute Gasteiger partial charge is 0.0714 e. The number of nitrogens with zero attached hydrogens (tertiary/aromatic N) is 1. The summed E-state index contributed by atoms with van der Waals surface area (Å²) in [5.41, 5.74) is 20.9. The van der Waals surface area contributed by atoms with Gasteiger partial charge in [0.1, 0.15) is 0 Å². The lowest BCUT2D eigenvalue weighted by molar-refractivity contribution is 0.660. The first-order chi connectivity index (χ1) is 26.9. The van der Waals surface area contributed by atoms with Crippen molar-refractivity contribution in [2.75, 3.05) is 4.90 Å². The zero-order chi connectivity index (χ0) is 37.3. The minimum Gasteiger partial charge on any atom is -0.310 e. The molecule has 8 aromatic rings. The van der Waals surface area contributed by atoms with Crippen LogP contribution in [0, 0.1) is 13.8 Å². The van der Waals surface area contributed by atoms with E-state index in [9.17, 15) is 0 Å². The van der Waals surface area contributed by atoms with Crippen LogP contribution in [-0.4, -0.2) is 0 Å². The highest BCUT2D eigenvalue weighted by atomic mass is 15.1. The minimum absolute atomic E-state index is 0.109. The van der Waals surface area contributed by atoms with Gasteiger partial charge in [-0.3, -0.25) is 0 Å². The molecule has 1 heteroatoms. The molecule has 0 N–H and O–H groups in total. The molecule has 1 nitrogen and oxygen atoms in total. The summed E-state index contributed by atoms with van der Waals surface area (Å²) in [4.78, 5) is 2.46. The number of benzene rings is 8. The van der Waals surface area contributed by atoms with E-state index >= 15 is 0 Å². The largest absolute Gasteiger partial charge is 0.310 e. The lowest BCUT2D eigenvalue weighted by Crippen LogP contribution is -2.28. The van der Waals surface area contributed by atoms with Gasteiger partial charge in [-0.2, -0.15) is 0 Å². The molecule has 0 amide bonds. The highest BCUT2D eigenvalue weighted by Gasteiger charge is 2.47. The van der Waals surface area contributed by atoms with Crippen molar-refractivity contribution < 1.29 is 0 Å². The van der Waals surface area contributed by atoms with Crippen LogP contribution >= 0.6 is 0 Å². The predicted molar refractivity (Wildman–Crippen MR) is 231 cm³/mol. The Balaban J connectivity index is 1.26. The van der Waals surface area contributed by atoms with E-state index in [2.05, 4.69) is 221 Å². The molecule has 0 saturated carbocycles. The average molecular weight is 706 g/mol. The first kappa shape index (κ1) is 33.2. The van der Waals surface area contributed by atoms with Crippen molar-refractivity contribution in [2.45, 2.75) is 38.5 Å². The van der Waals surface area contributed by atoms with Crippen molar-refractivity contribution in [1.82, 2.24) is 0 Å². The Labute approximate surface area is 325 Å². The zero-order valence-electron chi connectivity index (χ0n) is 31.8. The molecule has 2 aliphatic carbocycles. The van der Waals surface area contributed by atoms with Crippen molar-refractivity contribution in [3.05, 3.63) is 233 Å². The van der Waals surface area contributed by atoms with Gasteiger partial charge in [0.05, 0.1) is 5.41 Å². The summed E-state index contributed by atoms with van der Waals surface area (Å²) < 4.78 is 0. The summed E-state index contributed by atoms with van der Waals surface area (Å²) in [6.07, 6.45) is 0. The van der Waals surface area contributed by atoms with Crippen LogP contribution in [0.1, 0.15) is 58.4 Å². The van der Waals surface area contributed by atoms with Gasteiger partial charge in [0, 0.05) is 22.5 Å². The third kappa shape index (κ3) is 5.00. The van der Waals surface area contributed by atoms with Gasteiger partial charge < -0.3 is 4.90 Å². The van der Waals surface area contributed by atoms with Gasteiger partial charge in [0.15, 0.2) is 0 Å². The van der Waals surface area contributed by atoms with Gasteiger partial charge in [-0.1, -0.05) is 177 Å².